The monoisotopic (exact) mass is 285 g/mol. The first-order valence-corrected chi connectivity index (χ1v) is 7.10. The lowest BCUT2D eigenvalue weighted by Crippen LogP contribution is -2.42. The fourth-order valence-corrected chi connectivity index (χ4v) is 2.60. The zero-order chi connectivity index (χ0) is 15.9. The molecule has 0 aromatic heterocycles. The van der Waals surface area contributed by atoms with Crippen molar-refractivity contribution in [1.82, 2.24) is 4.90 Å². The minimum Gasteiger partial charge on any atom is -0.481 e. The molecule has 0 radical (unpaired) electrons. The summed E-state index contributed by atoms with van der Waals surface area (Å²) in [6.07, 6.45) is -0.376. The van der Waals surface area contributed by atoms with Gasteiger partial charge in [-0.15, -0.1) is 0 Å². The van der Waals surface area contributed by atoms with Crippen LogP contribution in [0.25, 0.3) is 0 Å². The maximum absolute atomic E-state index is 12.2. The molecule has 0 aromatic carbocycles. The molecule has 20 heavy (non-hydrogen) atoms. The number of carboxylic acid groups (broad SMARTS) is 1. The van der Waals surface area contributed by atoms with E-state index < -0.39 is 11.6 Å². The molecule has 1 amide bonds. The Kier molecular flexibility index (Phi) is 4.42. The van der Waals surface area contributed by atoms with E-state index in [2.05, 4.69) is 0 Å². The number of carbonyl (C=O) groups is 2. The van der Waals surface area contributed by atoms with E-state index in [1.54, 1.807) is 4.90 Å². The molecule has 0 aliphatic heterocycles. The first kappa shape index (κ1) is 16.8. The summed E-state index contributed by atoms with van der Waals surface area (Å²) in [6, 6.07) is -0.0179. The zero-order valence-electron chi connectivity index (χ0n) is 13.6. The van der Waals surface area contributed by atoms with E-state index in [0.29, 0.717) is 6.54 Å². The summed E-state index contributed by atoms with van der Waals surface area (Å²) in [5.41, 5.74) is -0.809. The number of nitrogens with zero attached hydrogens (tertiary/aromatic N) is 1. The summed E-state index contributed by atoms with van der Waals surface area (Å²) in [5.74, 6) is -1.19. The van der Waals surface area contributed by atoms with Crippen molar-refractivity contribution in [3.05, 3.63) is 0 Å². The first-order chi connectivity index (χ1) is 8.88. The molecule has 2 unspecified atom stereocenters. The highest BCUT2D eigenvalue weighted by atomic mass is 16.6. The van der Waals surface area contributed by atoms with Crippen molar-refractivity contribution in [1.29, 1.82) is 0 Å². The van der Waals surface area contributed by atoms with E-state index in [1.165, 1.54) is 0 Å². The number of ether oxygens (including phenoxy) is 1. The minimum absolute atomic E-state index is 0.0179. The Morgan fingerprint density at radius 3 is 2.10 bits per heavy atom. The normalized spacial score (nSPS) is 24.4. The van der Waals surface area contributed by atoms with Crippen LogP contribution >= 0.6 is 0 Å². The Hall–Kier alpha value is -1.26. The molecular weight excluding hydrogens is 258 g/mol. The van der Waals surface area contributed by atoms with Crippen molar-refractivity contribution in [3.63, 3.8) is 0 Å². The molecule has 5 nitrogen and oxygen atoms in total. The quantitative estimate of drug-likeness (QED) is 0.862. The molecule has 1 aliphatic rings. The minimum atomic E-state index is -0.784. The topological polar surface area (TPSA) is 66.8 Å². The van der Waals surface area contributed by atoms with Gasteiger partial charge in [0.1, 0.15) is 5.60 Å². The first-order valence-electron chi connectivity index (χ1n) is 7.10. The summed E-state index contributed by atoms with van der Waals surface area (Å²) in [4.78, 5) is 25.0. The van der Waals surface area contributed by atoms with Gasteiger partial charge in [-0.1, -0.05) is 13.8 Å². The number of amides is 1. The van der Waals surface area contributed by atoms with Gasteiger partial charge >= 0.3 is 12.1 Å². The molecule has 116 valence electrons. The molecule has 0 bridgehead atoms. The Morgan fingerprint density at radius 1 is 1.30 bits per heavy atom. The van der Waals surface area contributed by atoms with Gasteiger partial charge in [-0.05, 0) is 46.0 Å². The molecular formula is C15H27NO4. The molecule has 0 aromatic rings. The fourth-order valence-electron chi connectivity index (χ4n) is 2.60. The lowest BCUT2D eigenvalue weighted by atomic mass is 10.1. The van der Waals surface area contributed by atoms with Crippen LogP contribution in [0.5, 0.6) is 0 Å². The van der Waals surface area contributed by atoms with Gasteiger partial charge in [-0.3, -0.25) is 4.79 Å². The van der Waals surface area contributed by atoms with E-state index in [9.17, 15) is 14.7 Å². The molecule has 0 heterocycles. The van der Waals surface area contributed by atoms with Gasteiger partial charge in [0, 0.05) is 12.6 Å². The molecule has 2 atom stereocenters. The van der Waals surface area contributed by atoms with Crippen LogP contribution in [-0.4, -0.2) is 40.3 Å². The van der Waals surface area contributed by atoms with Crippen molar-refractivity contribution in [3.8, 4) is 0 Å². The van der Waals surface area contributed by atoms with E-state index >= 15 is 0 Å². The second-order valence-electron chi connectivity index (χ2n) is 7.47. The highest BCUT2D eigenvalue weighted by molar-refractivity contribution is 5.76. The van der Waals surface area contributed by atoms with Crippen LogP contribution in [0.2, 0.25) is 0 Å². The van der Waals surface area contributed by atoms with Crippen LogP contribution in [-0.2, 0) is 9.53 Å². The van der Waals surface area contributed by atoms with Gasteiger partial charge < -0.3 is 14.7 Å². The number of carbonyl (C=O) groups excluding carboxylic acids is 1. The van der Waals surface area contributed by atoms with E-state index in [0.717, 1.165) is 0 Å². The number of rotatable bonds is 4. The molecule has 1 fully saturated rings. The van der Waals surface area contributed by atoms with Gasteiger partial charge in [0.25, 0.3) is 0 Å². The Labute approximate surface area is 121 Å². The Morgan fingerprint density at radius 2 is 1.80 bits per heavy atom. The third kappa shape index (κ3) is 3.64. The Balaban J connectivity index is 2.75. The van der Waals surface area contributed by atoms with E-state index in [4.69, 9.17) is 4.74 Å². The van der Waals surface area contributed by atoms with Crippen molar-refractivity contribution in [2.45, 2.75) is 60.1 Å². The number of hydrogen-bond acceptors (Lipinski definition) is 3. The SMILES string of the molecule is CC(C)N(CC1C(C(=O)O)C1(C)C)C(=O)OC(C)(C)C. The number of hydrogen-bond donors (Lipinski definition) is 1. The maximum atomic E-state index is 12.2. The third-order valence-electron chi connectivity index (χ3n) is 3.96. The average molecular weight is 285 g/mol. The van der Waals surface area contributed by atoms with Gasteiger partial charge in [-0.25, -0.2) is 4.79 Å². The lowest BCUT2D eigenvalue weighted by molar-refractivity contribution is -0.139. The van der Waals surface area contributed by atoms with Crippen LogP contribution in [0.3, 0.4) is 0 Å². The number of aliphatic carboxylic acids is 1. The second kappa shape index (κ2) is 5.26. The average Bonchev–Trinajstić information content (AvgIpc) is 2.73. The predicted molar refractivity (Wildman–Crippen MR) is 76.5 cm³/mol. The molecule has 1 rings (SSSR count). The maximum Gasteiger partial charge on any atom is 0.410 e. The molecule has 0 saturated heterocycles. The molecule has 1 aliphatic carbocycles. The van der Waals surface area contributed by atoms with Gasteiger partial charge in [0.15, 0.2) is 0 Å². The standard InChI is InChI=1S/C15H27NO4/c1-9(2)16(13(19)20-14(3,4)5)8-10-11(12(17)18)15(10,6)7/h9-11H,8H2,1-7H3,(H,17,18). The van der Waals surface area contributed by atoms with Crippen LogP contribution < -0.4 is 0 Å². The second-order valence-corrected chi connectivity index (χ2v) is 7.47. The van der Waals surface area contributed by atoms with Gasteiger partial charge in [0.05, 0.1) is 5.92 Å². The summed E-state index contributed by atoms with van der Waals surface area (Å²) in [7, 11) is 0. The molecule has 1 N–H and O–H groups in total. The van der Waals surface area contributed by atoms with E-state index in [1.807, 2.05) is 48.5 Å². The van der Waals surface area contributed by atoms with Crippen molar-refractivity contribution < 1.29 is 19.4 Å². The van der Waals surface area contributed by atoms with Crippen molar-refractivity contribution in [2.75, 3.05) is 6.54 Å². The van der Waals surface area contributed by atoms with Gasteiger partial charge in [-0.2, -0.15) is 0 Å². The lowest BCUT2D eigenvalue weighted by Gasteiger charge is -2.30. The van der Waals surface area contributed by atoms with Crippen LogP contribution in [0, 0.1) is 17.3 Å². The molecule has 0 spiro atoms. The predicted octanol–water partition coefficient (Wildman–Crippen LogP) is 2.99. The molecule has 5 heteroatoms. The van der Waals surface area contributed by atoms with Crippen LogP contribution in [0.4, 0.5) is 4.79 Å². The molecule has 1 saturated carbocycles. The van der Waals surface area contributed by atoms with Crippen LogP contribution in [0.1, 0.15) is 48.5 Å². The summed E-state index contributed by atoms with van der Waals surface area (Å²) >= 11 is 0. The largest absolute Gasteiger partial charge is 0.481 e. The smallest absolute Gasteiger partial charge is 0.410 e. The van der Waals surface area contributed by atoms with E-state index in [-0.39, 0.29) is 29.4 Å². The highest BCUT2D eigenvalue weighted by Crippen LogP contribution is 2.58. The zero-order valence-corrected chi connectivity index (χ0v) is 13.6. The van der Waals surface area contributed by atoms with Gasteiger partial charge in [0.2, 0.25) is 0 Å². The highest BCUT2D eigenvalue weighted by Gasteiger charge is 2.62. The van der Waals surface area contributed by atoms with Crippen molar-refractivity contribution in [2.24, 2.45) is 17.3 Å². The van der Waals surface area contributed by atoms with Crippen molar-refractivity contribution >= 4 is 12.1 Å². The third-order valence-corrected chi connectivity index (χ3v) is 3.96. The summed E-state index contributed by atoms with van der Waals surface area (Å²) in [6.45, 7) is 13.6. The summed E-state index contributed by atoms with van der Waals surface area (Å²) in [5, 5.41) is 9.20. The Bertz CT molecular complexity index is 395. The van der Waals surface area contributed by atoms with Crippen LogP contribution in [0.15, 0.2) is 0 Å². The fraction of sp³-hybridized carbons (Fsp3) is 0.867. The number of carboxylic acids is 1. The summed E-state index contributed by atoms with van der Waals surface area (Å²) < 4.78 is 5.39.